The molecule has 3 N–H and O–H groups in total. The van der Waals surface area contributed by atoms with Crippen LogP contribution >= 0.6 is 0 Å². The molecule has 1 atom stereocenters. The van der Waals surface area contributed by atoms with Crippen molar-refractivity contribution in [1.82, 2.24) is 9.97 Å². The standard InChI is InChI=1S/C7H13N3/c1-6(2-3-8)7-4-9-5-10-7/h4-6H,2-3,8H2,1H3,(H,9,10)/t6-/m1/s1. The lowest BCUT2D eigenvalue weighted by Crippen LogP contribution is -2.04. The Bertz CT molecular complexity index is 169. The smallest absolute Gasteiger partial charge is 0.0921 e. The van der Waals surface area contributed by atoms with Gasteiger partial charge in [-0.1, -0.05) is 6.92 Å². The third kappa shape index (κ3) is 1.57. The molecule has 0 saturated carbocycles. The Morgan fingerprint density at radius 1 is 1.80 bits per heavy atom. The van der Waals surface area contributed by atoms with Crippen molar-refractivity contribution in [2.24, 2.45) is 5.73 Å². The van der Waals surface area contributed by atoms with Crippen LogP contribution in [0.3, 0.4) is 0 Å². The van der Waals surface area contributed by atoms with E-state index in [0.29, 0.717) is 5.92 Å². The summed E-state index contributed by atoms with van der Waals surface area (Å²) in [5, 5.41) is 0. The second kappa shape index (κ2) is 3.37. The molecule has 3 heteroatoms. The number of hydrogen-bond donors (Lipinski definition) is 2. The molecule has 3 nitrogen and oxygen atoms in total. The van der Waals surface area contributed by atoms with Gasteiger partial charge in [0.05, 0.1) is 6.33 Å². The van der Waals surface area contributed by atoms with Crippen molar-refractivity contribution >= 4 is 0 Å². The highest BCUT2D eigenvalue weighted by atomic mass is 14.9. The van der Waals surface area contributed by atoms with Crippen LogP contribution in [0.1, 0.15) is 25.0 Å². The molecule has 0 fully saturated rings. The maximum absolute atomic E-state index is 5.40. The first-order valence-corrected chi connectivity index (χ1v) is 3.53. The zero-order valence-electron chi connectivity index (χ0n) is 6.17. The SMILES string of the molecule is C[C@H](CCN)c1cnc[nH]1. The van der Waals surface area contributed by atoms with Gasteiger partial charge in [-0.15, -0.1) is 0 Å². The van der Waals surface area contributed by atoms with Gasteiger partial charge >= 0.3 is 0 Å². The van der Waals surface area contributed by atoms with Crippen LogP contribution in [0.15, 0.2) is 12.5 Å². The molecule has 0 aromatic carbocycles. The lowest BCUT2D eigenvalue weighted by Gasteiger charge is -2.05. The first-order valence-electron chi connectivity index (χ1n) is 3.53. The fourth-order valence-corrected chi connectivity index (χ4v) is 0.942. The quantitative estimate of drug-likeness (QED) is 0.652. The van der Waals surface area contributed by atoms with Gasteiger partial charge < -0.3 is 10.7 Å². The van der Waals surface area contributed by atoms with Gasteiger partial charge in [0, 0.05) is 11.9 Å². The van der Waals surface area contributed by atoms with E-state index in [1.165, 1.54) is 5.69 Å². The van der Waals surface area contributed by atoms with Crippen molar-refractivity contribution < 1.29 is 0 Å². The van der Waals surface area contributed by atoms with Crippen LogP contribution in [-0.2, 0) is 0 Å². The zero-order valence-corrected chi connectivity index (χ0v) is 6.17. The van der Waals surface area contributed by atoms with E-state index >= 15 is 0 Å². The Morgan fingerprint density at radius 3 is 3.10 bits per heavy atom. The predicted molar refractivity (Wildman–Crippen MR) is 40.7 cm³/mol. The van der Waals surface area contributed by atoms with E-state index in [1.807, 2.05) is 6.20 Å². The van der Waals surface area contributed by atoms with Crippen LogP contribution < -0.4 is 5.73 Å². The van der Waals surface area contributed by atoms with Crippen molar-refractivity contribution in [3.63, 3.8) is 0 Å². The normalized spacial score (nSPS) is 13.4. The van der Waals surface area contributed by atoms with E-state index in [-0.39, 0.29) is 0 Å². The number of rotatable bonds is 3. The van der Waals surface area contributed by atoms with Gasteiger partial charge in [0.15, 0.2) is 0 Å². The average Bonchev–Trinajstić information content (AvgIpc) is 2.38. The summed E-state index contributed by atoms with van der Waals surface area (Å²) < 4.78 is 0. The molecule has 0 bridgehead atoms. The number of nitrogens with zero attached hydrogens (tertiary/aromatic N) is 1. The van der Waals surface area contributed by atoms with E-state index in [2.05, 4.69) is 16.9 Å². The summed E-state index contributed by atoms with van der Waals surface area (Å²) in [5.41, 5.74) is 6.57. The molecule has 0 aliphatic heterocycles. The van der Waals surface area contributed by atoms with Crippen molar-refractivity contribution in [3.05, 3.63) is 18.2 Å². The van der Waals surface area contributed by atoms with E-state index in [0.717, 1.165) is 13.0 Å². The van der Waals surface area contributed by atoms with Crippen LogP contribution in [0, 0.1) is 0 Å². The molecule has 0 unspecified atom stereocenters. The minimum absolute atomic E-state index is 0.507. The zero-order chi connectivity index (χ0) is 7.40. The van der Waals surface area contributed by atoms with E-state index < -0.39 is 0 Å². The maximum Gasteiger partial charge on any atom is 0.0921 e. The van der Waals surface area contributed by atoms with Gasteiger partial charge in [0.2, 0.25) is 0 Å². The molecule has 1 rings (SSSR count). The van der Waals surface area contributed by atoms with Crippen LogP contribution in [0.4, 0.5) is 0 Å². The third-order valence-electron chi connectivity index (χ3n) is 1.65. The highest BCUT2D eigenvalue weighted by Crippen LogP contribution is 2.13. The summed E-state index contributed by atoms with van der Waals surface area (Å²) >= 11 is 0. The van der Waals surface area contributed by atoms with Gasteiger partial charge in [0.25, 0.3) is 0 Å². The second-order valence-corrected chi connectivity index (χ2v) is 2.49. The van der Waals surface area contributed by atoms with E-state index in [1.54, 1.807) is 6.33 Å². The molecule has 0 spiro atoms. The number of H-pyrrole nitrogens is 1. The monoisotopic (exact) mass is 139 g/mol. The number of hydrogen-bond acceptors (Lipinski definition) is 2. The van der Waals surface area contributed by atoms with Crippen molar-refractivity contribution in [3.8, 4) is 0 Å². The lowest BCUT2D eigenvalue weighted by atomic mass is 10.1. The fraction of sp³-hybridized carbons (Fsp3) is 0.571. The molecular weight excluding hydrogens is 126 g/mol. The van der Waals surface area contributed by atoms with Crippen molar-refractivity contribution in [2.45, 2.75) is 19.3 Å². The van der Waals surface area contributed by atoms with Gasteiger partial charge in [0.1, 0.15) is 0 Å². The van der Waals surface area contributed by atoms with E-state index in [9.17, 15) is 0 Å². The first-order chi connectivity index (χ1) is 4.84. The minimum Gasteiger partial charge on any atom is -0.348 e. The Balaban J connectivity index is 2.50. The van der Waals surface area contributed by atoms with Crippen molar-refractivity contribution in [1.29, 1.82) is 0 Å². The molecule has 1 aromatic rings. The summed E-state index contributed by atoms with van der Waals surface area (Å²) in [4.78, 5) is 6.98. The molecule has 56 valence electrons. The highest BCUT2D eigenvalue weighted by molar-refractivity contribution is 5.01. The Morgan fingerprint density at radius 2 is 2.60 bits per heavy atom. The van der Waals surface area contributed by atoms with Crippen LogP contribution in [0.5, 0.6) is 0 Å². The Labute approximate surface area is 60.7 Å². The summed E-state index contributed by atoms with van der Waals surface area (Å²) in [6.45, 7) is 2.88. The summed E-state index contributed by atoms with van der Waals surface area (Å²) in [5.74, 6) is 0.507. The number of aromatic nitrogens is 2. The predicted octanol–water partition coefficient (Wildman–Crippen LogP) is 0.862. The molecule has 0 radical (unpaired) electrons. The number of aromatic amines is 1. The molecule has 0 amide bonds. The number of imidazole rings is 1. The van der Waals surface area contributed by atoms with Crippen molar-refractivity contribution in [2.75, 3.05) is 6.54 Å². The summed E-state index contributed by atoms with van der Waals surface area (Å²) in [6.07, 6.45) is 4.56. The maximum atomic E-state index is 5.40. The molecule has 1 heterocycles. The minimum atomic E-state index is 0.507. The lowest BCUT2D eigenvalue weighted by molar-refractivity contribution is 0.674. The van der Waals surface area contributed by atoms with Crippen LogP contribution in [-0.4, -0.2) is 16.5 Å². The first kappa shape index (κ1) is 7.28. The third-order valence-corrected chi connectivity index (χ3v) is 1.65. The summed E-state index contributed by atoms with van der Waals surface area (Å²) in [6, 6.07) is 0. The van der Waals surface area contributed by atoms with E-state index in [4.69, 9.17) is 5.73 Å². The molecule has 10 heavy (non-hydrogen) atoms. The molecular formula is C7H13N3. The Hall–Kier alpha value is -0.830. The van der Waals surface area contributed by atoms with Gasteiger partial charge in [-0.05, 0) is 18.9 Å². The highest BCUT2D eigenvalue weighted by Gasteiger charge is 2.03. The summed E-state index contributed by atoms with van der Waals surface area (Å²) in [7, 11) is 0. The van der Waals surface area contributed by atoms with Gasteiger partial charge in [-0.25, -0.2) is 4.98 Å². The molecule has 0 aliphatic rings. The van der Waals surface area contributed by atoms with Crippen LogP contribution in [0.25, 0.3) is 0 Å². The number of nitrogens with two attached hydrogens (primary N) is 1. The van der Waals surface area contributed by atoms with Crippen LogP contribution in [0.2, 0.25) is 0 Å². The second-order valence-electron chi connectivity index (χ2n) is 2.49. The Kier molecular flexibility index (Phi) is 2.45. The number of nitrogens with one attached hydrogen (secondary N) is 1. The topological polar surface area (TPSA) is 54.7 Å². The molecule has 0 saturated heterocycles. The molecule has 1 aromatic heterocycles. The average molecular weight is 139 g/mol. The molecule has 0 aliphatic carbocycles. The largest absolute Gasteiger partial charge is 0.348 e. The van der Waals surface area contributed by atoms with Gasteiger partial charge in [-0.3, -0.25) is 0 Å². The van der Waals surface area contributed by atoms with Gasteiger partial charge in [-0.2, -0.15) is 0 Å². The fourth-order valence-electron chi connectivity index (χ4n) is 0.942.